The van der Waals surface area contributed by atoms with Gasteiger partial charge in [0.2, 0.25) is 5.95 Å². The van der Waals surface area contributed by atoms with Crippen molar-refractivity contribution in [3.05, 3.63) is 59.9 Å². The lowest BCUT2D eigenvalue weighted by molar-refractivity contribution is 0.0500. The van der Waals surface area contributed by atoms with Crippen molar-refractivity contribution < 1.29 is 13.9 Å². The van der Waals surface area contributed by atoms with Crippen molar-refractivity contribution in [3.8, 4) is 0 Å². The lowest BCUT2D eigenvalue weighted by Crippen LogP contribution is -2.49. The van der Waals surface area contributed by atoms with E-state index in [2.05, 4.69) is 20.9 Å². The molecule has 1 atom stereocenters. The van der Waals surface area contributed by atoms with Gasteiger partial charge in [0, 0.05) is 19.1 Å². The quantitative estimate of drug-likeness (QED) is 0.659. The van der Waals surface area contributed by atoms with Crippen LogP contribution in [0.5, 0.6) is 0 Å². The molecule has 164 valence electrons. The van der Waals surface area contributed by atoms with Gasteiger partial charge in [-0.25, -0.2) is 14.2 Å². The molecule has 0 aliphatic carbocycles. The molecular weight excluding hydrogens is 395 g/mol. The van der Waals surface area contributed by atoms with E-state index in [-0.39, 0.29) is 18.0 Å². The van der Waals surface area contributed by atoms with Crippen LogP contribution in [0.2, 0.25) is 0 Å². The molecular formula is C24H29FN4O2. The smallest absolute Gasteiger partial charge is 0.407 e. The Labute approximate surface area is 182 Å². The summed E-state index contributed by atoms with van der Waals surface area (Å²) >= 11 is 0. The predicted molar refractivity (Wildman–Crippen MR) is 120 cm³/mol. The minimum Gasteiger partial charge on any atom is -0.444 e. The van der Waals surface area contributed by atoms with E-state index in [4.69, 9.17) is 9.72 Å². The fourth-order valence-electron chi connectivity index (χ4n) is 3.98. The fraction of sp³-hybridized carbons (Fsp3) is 0.417. The van der Waals surface area contributed by atoms with Gasteiger partial charge in [-0.05, 0) is 63.4 Å². The van der Waals surface area contributed by atoms with Crippen LogP contribution in [-0.4, -0.2) is 40.4 Å². The Hall–Kier alpha value is -3.09. The molecule has 1 aliphatic heterocycles. The number of amides is 1. The predicted octanol–water partition coefficient (Wildman–Crippen LogP) is 4.72. The summed E-state index contributed by atoms with van der Waals surface area (Å²) in [5, 5.41) is 3.00. The van der Waals surface area contributed by atoms with Gasteiger partial charge in [0.25, 0.3) is 0 Å². The van der Waals surface area contributed by atoms with Gasteiger partial charge in [-0.2, -0.15) is 0 Å². The van der Waals surface area contributed by atoms with Gasteiger partial charge < -0.3 is 19.5 Å². The third-order valence-corrected chi connectivity index (χ3v) is 5.31. The van der Waals surface area contributed by atoms with Crippen LogP contribution in [0.15, 0.2) is 48.5 Å². The van der Waals surface area contributed by atoms with Crippen LogP contribution >= 0.6 is 0 Å². The maximum Gasteiger partial charge on any atom is 0.407 e. The minimum atomic E-state index is -0.526. The number of halogens is 1. The Balaban J connectivity index is 1.58. The molecule has 4 rings (SSSR count). The van der Waals surface area contributed by atoms with E-state index >= 15 is 0 Å². The number of hydrogen-bond donors (Lipinski definition) is 1. The van der Waals surface area contributed by atoms with Crippen molar-refractivity contribution >= 4 is 23.1 Å². The maximum absolute atomic E-state index is 13.4. The lowest BCUT2D eigenvalue weighted by atomic mass is 10.1. The SMILES string of the molecule is CC(C)(C)OC(=O)N[C@@H]1CCCN(c2nc3ccccc3n2Cc2ccc(F)cc2)C1. The summed E-state index contributed by atoms with van der Waals surface area (Å²) in [7, 11) is 0. The second-order valence-electron chi connectivity index (χ2n) is 9.04. The molecule has 31 heavy (non-hydrogen) atoms. The number of rotatable bonds is 4. The molecule has 0 unspecified atom stereocenters. The number of piperidine rings is 1. The molecule has 1 N–H and O–H groups in total. The first-order chi connectivity index (χ1) is 14.8. The second-order valence-corrected chi connectivity index (χ2v) is 9.04. The number of carbonyl (C=O) groups is 1. The maximum atomic E-state index is 13.4. The van der Waals surface area contributed by atoms with E-state index in [1.54, 1.807) is 12.1 Å². The fourth-order valence-corrected chi connectivity index (χ4v) is 3.98. The molecule has 2 aromatic carbocycles. The van der Waals surface area contributed by atoms with Crippen LogP contribution in [0.25, 0.3) is 11.0 Å². The van der Waals surface area contributed by atoms with E-state index < -0.39 is 5.60 Å². The summed E-state index contributed by atoms with van der Waals surface area (Å²) in [6, 6.07) is 14.6. The average molecular weight is 425 g/mol. The van der Waals surface area contributed by atoms with Crippen molar-refractivity contribution in [1.29, 1.82) is 0 Å². The normalized spacial score (nSPS) is 17.0. The van der Waals surface area contributed by atoms with Gasteiger partial charge in [0.05, 0.1) is 17.6 Å². The average Bonchev–Trinajstić information content (AvgIpc) is 3.07. The number of nitrogens with one attached hydrogen (secondary N) is 1. The van der Waals surface area contributed by atoms with E-state index in [0.717, 1.165) is 41.9 Å². The van der Waals surface area contributed by atoms with Gasteiger partial charge in [0.15, 0.2) is 0 Å². The summed E-state index contributed by atoms with van der Waals surface area (Å²) in [4.78, 5) is 19.4. The third kappa shape index (κ3) is 5.16. The zero-order chi connectivity index (χ0) is 22.0. The number of ether oxygens (including phenoxy) is 1. The second kappa shape index (κ2) is 8.57. The topological polar surface area (TPSA) is 59.4 Å². The first-order valence-corrected chi connectivity index (χ1v) is 10.7. The van der Waals surface area contributed by atoms with Crippen LogP contribution in [0, 0.1) is 5.82 Å². The molecule has 0 saturated carbocycles. The molecule has 1 saturated heterocycles. The molecule has 7 heteroatoms. The van der Waals surface area contributed by atoms with Gasteiger partial charge in [-0.3, -0.25) is 0 Å². The van der Waals surface area contributed by atoms with Gasteiger partial charge in [0.1, 0.15) is 11.4 Å². The zero-order valence-electron chi connectivity index (χ0n) is 18.3. The molecule has 1 aliphatic rings. The first-order valence-electron chi connectivity index (χ1n) is 10.7. The number of aromatic nitrogens is 2. The molecule has 0 bridgehead atoms. The monoisotopic (exact) mass is 424 g/mol. The summed E-state index contributed by atoms with van der Waals surface area (Å²) in [6.45, 7) is 7.69. The van der Waals surface area contributed by atoms with Gasteiger partial charge >= 0.3 is 6.09 Å². The number of anilines is 1. The summed E-state index contributed by atoms with van der Waals surface area (Å²) in [5.74, 6) is 0.618. The Kier molecular flexibility index (Phi) is 5.85. The van der Waals surface area contributed by atoms with E-state index in [1.165, 1.54) is 12.1 Å². The number of hydrogen-bond acceptors (Lipinski definition) is 4. The Morgan fingerprint density at radius 1 is 1.19 bits per heavy atom. The highest BCUT2D eigenvalue weighted by atomic mass is 19.1. The molecule has 1 aromatic heterocycles. The number of carbonyl (C=O) groups excluding carboxylic acids is 1. The first kappa shape index (κ1) is 21.2. The Bertz CT molecular complexity index is 1060. The van der Waals surface area contributed by atoms with Crippen LogP contribution < -0.4 is 10.2 Å². The highest BCUT2D eigenvalue weighted by Crippen LogP contribution is 2.26. The summed E-state index contributed by atoms with van der Waals surface area (Å²) < 4.78 is 21.0. The molecule has 2 heterocycles. The lowest BCUT2D eigenvalue weighted by Gasteiger charge is -2.34. The molecule has 3 aromatic rings. The number of benzene rings is 2. The highest BCUT2D eigenvalue weighted by Gasteiger charge is 2.27. The molecule has 0 radical (unpaired) electrons. The van der Waals surface area contributed by atoms with Crippen LogP contribution in [0.4, 0.5) is 15.1 Å². The number of imidazole rings is 1. The van der Waals surface area contributed by atoms with Gasteiger partial charge in [-0.1, -0.05) is 24.3 Å². The Morgan fingerprint density at radius 3 is 2.68 bits per heavy atom. The molecule has 1 fully saturated rings. The van der Waals surface area contributed by atoms with Crippen molar-refractivity contribution in [1.82, 2.24) is 14.9 Å². The third-order valence-electron chi connectivity index (χ3n) is 5.31. The minimum absolute atomic E-state index is 0.0114. The van der Waals surface area contributed by atoms with Crippen LogP contribution in [0.3, 0.4) is 0 Å². The van der Waals surface area contributed by atoms with Crippen LogP contribution in [0.1, 0.15) is 39.2 Å². The van der Waals surface area contributed by atoms with E-state index in [1.807, 2.05) is 39.0 Å². The van der Waals surface area contributed by atoms with Crippen molar-refractivity contribution in [2.45, 2.75) is 51.8 Å². The van der Waals surface area contributed by atoms with Crippen LogP contribution in [-0.2, 0) is 11.3 Å². The van der Waals surface area contributed by atoms with Gasteiger partial charge in [-0.15, -0.1) is 0 Å². The highest BCUT2D eigenvalue weighted by molar-refractivity contribution is 5.79. The molecule has 0 spiro atoms. The molecule has 1 amide bonds. The van der Waals surface area contributed by atoms with E-state index in [9.17, 15) is 9.18 Å². The van der Waals surface area contributed by atoms with Crippen molar-refractivity contribution in [2.24, 2.45) is 0 Å². The number of para-hydroxylation sites is 2. The summed E-state index contributed by atoms with van der Waals surface area (Å²) in [6.07, 6.45) is 1.45. The Morgan fingerprint density at radius 2 is 1.94 bits per heavy atom. The number of fused-ring (bicyclic) bond motifs is 1. The standard InChI is InChI=1S/C24H29FN4O2/c1-24(2,3)31-23(30)26-19-7-6-14-28(16-19)22-27-20-8-4-5-9-21(20)29(22)15-17-10-12-18(25)13-11-17/h4-5,8-13,19H,6-7,14-16H2,1-3H3,(H,26,30)/t19-/m1/s1. The molecule has 6 nitrogen and oxygen atoms in total. The zero-order valence-corrected chi connectivity index (χ0v) is 18.3. The number of nitrogens with zero attached hydrogens (tertiary/aromatic N) is 3. The van der Waals surface area contributed by atoms with Crippen molar-refractivity contribution in [3.63, 3.8) is 0 Å². The largest absolute Gasteiger partial charge is 0.444 e. The van der Waals surface area contributed by atoms with Crippen molar-refractivity contribution in [2.75, 3.05) is 18.0 Å². The van der Waals surface area contributed by atoms with E-state index in [0.29, 0.717) is 13.1 Å². The number of alkyl carbamates (subject to hydrolysis) is 1. The summed E-state index contributed by atoms with van der Waals surface area (Å²) in [5.41, 5.74) is 2.43.